The number of carbonyl (C=O) groups is 1. The summed E-state index contributed by atoms with van der Waals surface area (Å²) >= 11 is 4.78. The summed E-state index contributed by atoms with van der Waals surface area (Å²) in [6.45, 7) is 2.01. The van der Waals surface area contributed by atoms with E-state index >= 15 is 0 Å². The van der Waals surface area contributed by atoms with Gasteiger partial charge in [-0.25, -0.2) is 9.18 Å². The van der Waals surface area contributed by atoms with Gasteiger partial charge in [0.1, 0.15) is 11.4 Å². The van der Waals surface area contributed by atoms with Gasteiger partial charge in [0.25, 0.3) is 0 Å². The Hall–Kier alpha value is -1.24. The lowest BCUT2D eigenvalue weighted by Crippen LogP contribution is -2.46. The molecule has 1 aromatic heterocycles. The van der Waals surface area contributed by atoms with Gasteiger partial charge in [0, 0.05) is 15.9 Å². The van der Waals surface area contributed by atoms with Crippen LogP contribution in [0.1, 0.15) is 17.4 Å². The summed E-state index contributed by atoms with van der Waals surface area (Å²) in [5.74, 6) is -1.42. The van der Waals surface area contributed by atoms with Crippen LogP contribution in [0.3, 0.4) is 0 Å². The molecule has 106 valence electrons. The molecule has 3 nitrogen and oxygen atoms in total. The first-order chi connectivity index (χ1) is 9.43. The number of rotatable bonds is 5. The highest BCUT2D eigenvalue weighted by molar-refractivity contribution is 9.10. The largest absolute Gasteiger partial charge is 0.480 e. The first kappa shape index (κ1) is 15.2. The molecule has 2 aromatic rings. The van der Waals surface area contributed by atoms with Crippen molar-refractivity contribution in [1.29, 1.82) is 0 Å². The summed E-state index contributed by atoms with van der Waals surface area (Å²) in [5.41, 5.74) is -0.806. The highest BCUT2D eigenvalue weighted by Crippen LogP contribution is 2.30. The van der Waals surface area contributed by atoms with E-state index < -0.39 is 17.3 Å². The lowest BCUT2D eigenvalue weighted by atomic mass is 9.92. The smallest absolute Gasteiger partial charge is 0.328 e. The molecule has 0 aliphatic heterocycles. The maximum atomic E-state index is 13.1. The monoisotopic (exact) mass is 357 g/mol. The highest BCUT2D eigenvalue weighted by atomic mass is 79.9. The molecule has 0 aliphatic carbocycles. The van der Waals surface area contributed by atoms with Gasteiger partial charge < -0.3 is 5.11 Å². The molecular weight excluding hydrogens is 345 g/mol. The molecule has 0 bridgehead atoms. The minimum Gasteiger partial charge on any atom is -0.480 e. The van der Waals surface area contributed by atoms with E-state index in [4.69, 9.17) is 0 Å². The van der Waals surface area contributed by atoms with Gasteiger partial charge in [-0.05, 0) is 36.1 Å². The van der Waals surface area contributed by atoms with Crippen LogP contribution in [0.2, 0.25) is 0 Å². The predicted octanol–water partition coefficient (Wildman–Crippen LogP) is 3.74. The molecule has 0 amide bonds. The third kappa shape index (κ3) is 3.08. The van der Waals surface area contributed by atoms with Crippen LogP contribution in [0.4, 0.5) is 4.39 Å². The maximum Gasteiger partial charge on any atom is 0.328 e. The Bertz CT molecular complexity index is 618. The summed E-state index contributed by atoms with van der Waals surface area (Å²) in [7, 11) is 0. The van der Waals surface area contributed by atoms with E-state index in [0.29, 0.717) is 16.6 Å². The zero-order valence-electron chi connectivity index (χ0n) is 10.7. The Morgan fingerprint density at radius 3 is 2.80 bits per heavy atom. The average molecular weight is 358 g/mol. The number of carboxylic acid groups (broad SMARTS) is 1. The second-order valence-electron chi connectivity index (χ2n) is 4.49. The van der Waals surface area contributed by atoms with E-state index in [1.807, 2.05) is 17.5 Å². The van der Waals surface area contributed by atoms with Crippen molar-refractivity contribution in [3.63, 3.8) is 0 Å². The van der Waals surface area contributed by atoms with E-state index in [2.05, 4.69) is 21.2 Å². The highest BCUT2D eigenvalue weighted by Gasteiger charge is 2.36. The van der Waals surface area contributed by atoms with Gasteiger partial charge in [-0.15, -0.1) is 11.3 Å². The van der Waals surface area contributed by atoms with Crippen LogP contribution in [0.5, 0.6) is 0 Å². The Morgan fingerprint density at radius 1 is 1.50 bits per heavy atom. The first-order valence-electron chi connectivity index (χ1n) is 5.90. The molecule has 6 heteroatoms. The summed E-state index contributed by atoms with van der Waals surface area (Å²) < 4.78 is 13.6. The average Bonchev–Trinajstić information content (AvgIpc) is 2.88. The number of carboxylic acids is 1. The zero-order valence-corrected chi connectivity index (χ0v) is 13.1. The van der Waals surface area contributed by atoms with Crippen LogP contribution in [0.15, 0.2) is 40.2 Å². The Kier molecular flexibility index (Phi) is 4.57. The van der Waals surface area contributed by atoms with Gasteiger partial charge in [-0.1, -0.05) is 28.1 Å². The summed E-state index contributed by atoms with van der Waals surface area (Å²) in [5, 5.41) is 14.5. The third-order valence-corrected chi connectivity index (χ3v) is 4.63. The number of halogens is 2. The van der Waals surface area contributed by atoms with Crippen molar-refractivity contribution in [3.05, 3.63) is 56.4 Å². The molecular formula is C14H13BrFNO2S. The van der Waals surface area contributed by atoms with E-state index in [0.717, 1.165) is 4.88 Å². The van der Waals surface area contributed by atoms with E-state index in [-0.39, 0.29) is 0 Å². The number of hydrogen-bond acceptors (Lipinski definition) is 3. The first-order valence-corrected chi connectivity index (χ1v) is 7.57. The van der Waals surface area contributed by atoms with Gasteiger partial charge >= 0.3 is 5.97 Å². The van der Waals surface area contributed by atoms with Crippen molar-refractivity contribution < 1.29 is 14.3 Å². The minimum atomic E-state index is -1.30. The fourth-order valence-corrected chi connectivity index (χ4v) is 3.25. The molecule has 0 radical (unpaired) electrons. The SMILES string of the molecule is CC(NCc1cccs1)(C(=O)O)c1ccc(F)cc1Br. The van der Waals surface area contributed by atoms with Crippen LogP contribution < -0.4 is 5.32 Å². The molecule has 20 heavy (non-hydrogen) atoms. The molecule has 0 spiro atoms. The molecule has 1 heterocycles. The Morgan fingerprint density at radius 2 is 2.25 bits per heavy atom. The topological polar surface area (TPSA) is 49.3 Å². The van der Waals surface area contributed by atoms with E-state index in [1.165, 1.54) is 18.2 Å². The lowest BCUT2D eigenvalue weighted by Gasteiger charge is -2.27. The van der Waals surface area contributed by atoms with Crippen LogP contribution in [-0.4, -0.2) is 11.1 Å². The Balaban J connectivity index is 2.31. The number of nitrogens with one attached hydrogen (secondary N) is 1. The number of aliphatic carboxylic acids is 1. The van der Waals surface area contributed by atoms with Gasteiger partial charge in [0.05, 0.1) is 0 Å². The van der Waals surface area contributed by atoms with Crippen molar-refractivity contribution in [2.45, 2.75) is 19.0 Å². The molecule has 1 unspecified atom stereocenters. The Labute approximate surface area is 128 Å². The van der Waals surface area contributed by atoms with E-state index in [1.54, 1.807) is 18.3 Å². The van der Waals surface area contributed by atoms with Crippen molar-refractivity contribution in [2.75, 3.05) is 0 Å². The molecule has 2 rings (SSSR count). The van der Waals surface area contributed by atoms with Gasteiger partial charge in [-0.2, -0.15) is 0 Å². The molecule has 2 N–H and O–H groups in total. The number of hydrogen-bond donors (Lipinski definition) is 2. The number of benzene rings is 1. The van der Waals surface area contributed by atoms with Gasteiger partial charge in [0.15, 0.2) is 0 Å². The fourth-order valence-electron chi connectivity index (χ4n) is 1.86. The minimum absolute atomic E-state index is 0.411. The second-order valence-corrected chi connectivity index (χ2v) is 6.37. The molecule has 0 aliphatic rings. The van der Waals surface area contributed by atoms with Crippen molar-refractivity contribution in [1.82, 2.24) is 5.32 Å². The predicted molar refractivity (Wildman–Crippen MR) is 80.2 cm³/mol. The fraction of sp³-hybridized carbons (Fsp3) is 0.214. The molecule has 1 atom stereocenters. The molecule has 0 saturated carbocycles. The normalized spacial score (nSPS) is 13.9. The van der Waals surface area contributed by atoms with Crippen LogP contribution in [-0.2, 0) is 16.9 Å². The molecule has 0 saturated heterocycles. The quantitative estimate of drug-likeness (QED) is 0.856. The lowest BCUT2D eigenvalue weighted by molar-refractivity contribution is -0.144. The maximum absolute atomic E-state index is 13.1. The van der Waals surface area contributed by atoms with E-state index in [9.17, 15) is 14.3 Å². The summed E-state index contributed by atoms with van der Waals surface area (Å²) in [6, 6.07) is 7.85. The van der Waals surface area contributed by atoms with Gasteiger partial charge in [-0.3, -0.25) is 5.32 Å². The molecule has 0 fully saturated rings. The zero-order chi connectivity index (χ0) is 14.8. The van der Waals surface area contributed by atoms with Crippen LogP contribution in [0, 0.1) is 5.82 Å². The third-order valence-electron chi connectivity index (χ3n) is 3.09. The van der Waals surface area contributed by atoms with Crippen LogP contribution >= 0.6 is 27.3 Å². The van der Waals surface area contributed by atoms with Gasteiger partial charge in [0.2, 0.25) is 0 Å². The van der Waals surface area contributed by atoms with Crippen molar-refractivity contribution in [2.24, 2.45) is 0 Å². The van der Waals surface area contributed by atoms with Crippen LogP contribution in [0.25, 0.3) is 0 Å². The second kappa shape index (κ2) is 6.03. The molecule has 1 aromatic carbocycles. The summed E-state index contributed by atoms with van der Waals surface area (Å²) in [4.78, 5) is 12.7. The summed E-state index contributed by atoms with van der Waals surface area (Å²) in [6.07, 6.45) is 0. The number of thiophene rings is 1. The van der Waals surface area contributed by atoms with Crippen molar-refractivity contribution >= 4 is 33.2 Å². The standard InChI is InChI=1S/C14H13BrFNO2S/c1-14(13(18)19,17-8-10-3-2-6-20-10)11-5-4-9(16)7-12(11)15/h2-7,17H,8H2,1H3,(H,18,19). The van der Waals surface area contributed by atoms with Crippen molar-refractivity contribution in [3.8, 4) is 0 Å².